The molecular formula is C18H23N5. The number of hydrogen-bond acceptors (Lipinski definition) is 5. The summed E-state index contributed by atoms with van der Waals surface area (Å²) in [6.07, 6.45) is 7.68. The second-order valence-electron chi connectivity index (χ2n) is 5.82. The van der Waals surface area contributed by atoms with Crippen LogP contribution in [-0.4, -0.2) is 34.6 Å². The van der Waals surface area contributed by atoms with Crippen LogP contribution in [0.4, 0.5) is 5.82 Å². The quantitative estimate of drug-likeness (QED) is 0.831. The van der Waals surface area contributed by atoms with E-state index in [-0.39, 0.29) is 0 Å². The third-order valence-electron chi connectivity index (χ3n) is 4.18. The van der Waals surface area contributed by atoms with E-state index >= 15 is 0 Å². The van der Waals surface area contributed by atoms with Crippen molar-refractivity contribution >= 4 is 5.82 Å². The Hall–Kier alpha value is -2.27. The highest BCUT2D eigenvalue weighted by Gasteiger charge is 2.18. The van der Waals surface area contributed by atoms with E-state index in [2.05, 4.69) is 37.8 Å². The van der Waals surface area contributed by atoms with Gasteiger partial charge in [-0.1, -0.05) is 12.1 Å². The summed E-state index contributed by atoms with van der Waals surface area (Å²) in [7, 11) is 0. The van der Waals surface area contributed by atoms with Crippen LogP contribution in [0.2, 0.25) is 0 Å². The monoisotopic (exact) mass is 309 g/mol. The Labute approximate surface area is 137 Å². The number of rotatable bonds is 6. The van der Waals surface area contributed by atoms with E-state index in [4.69, 9.17) is 0 Å². The third-order valence-corrected chi connectivity index (χ3v) is 4.18. The van der Waals surface area contributed by atoms with Gasteiger partial charge >= 0.3 is 0 Å². The van der Waals surface area contributed by atoms with Crippen LogP contribution in [0.3, 0.4) is 0 Å². The first kappa shape index (κ1) is 15.6. The lowest BCUT2D eigenvalue weighted by molar-refractivity contribution is 0.452. The second-order valence-corrected chi connectivity index (χ2v) is 5.82. The van der Waals surface area contributed by atoms with Crippen molar-refractivity contribution in [3.8, 4) is 0 Å². The van der Waals surface area contributed by atoms with Gasteiger partial charge in [0.2, 0.25) is 0 Å². The normalized spacial score (nSPS) is 15.3. The molecule has 23 heavy (non-hydrogen) atoms. The standard InChI is InChI=1S/C18H23N5/c1-2-11-23(13-16-5-3-4-8-20-16)18-12-17(21-14-22-18)15-6-9-19-10-7-15/h2-5,8,12,14-15,19H,1,6-7,9-11,13H2. The molecule has 0 bridgehead atoms. The average molecular weight is 309 g/mol. The molecule has 1 N–H and O–H groups in total. The van der Waals surface area contributed by atoms with Crippen molar-refractivity contribution in [1.29, 1.82) is 0 Å². The summed E-state index contributed by atoms with van der Waals surface area (Å²) in [6, 6.07) is 8.10. The molecule has 0 aliphatic carbocycles. The topological polar surface area (TPSA) is 53.9 Å². The Morgan fingerprint density at radius 3 is 2.83 bits per heavy atom. The molecule has 0 amide bonds. The number of hydrogen-bond donors (Lipinski definition) is 1. The number of aromatic nitrogens is 3. The van der Waals surface area contributed by atoms with Crippen LogP contribution in [0.1, 0.15) is 30.1 Å². The minimum absolute atomic E-state index is 0.526. The van der Waals surface area contributed by atoms with Crippen molar-refractivity contribution in [3.05, 3.63) is 60.8 Å². The smallest absolute Gasteiger partial charge is 0.132 e. The predicted octanol–water partition coefficient (Wildman–Crippen LogP) is 2.53. The van der Waals surface area contributed by atoms with Crippen molar-refractivity contribution in [2.24, 2.45) is 0 Å². The molecule has 2 aromatic rings. The van der Waals surface area contributed by atoms with Gasteiger partial charge in [0, 0.05) is 30.4 Å². The van der Waals surface area contributed by atoms with Gasteiger partial charge in [0.15, 0.2) is 0 Å². The van der Waals surface area contributed by atoms with E-state index in [0.717, 1.165) is 56.2 Å². The molecule has 5 nitrogen and oxygen atoms in total. The highest BCUT2D eigenvalue weighted by Crippen LogP contribution is 2.25. The molecule has 0 unspecified atom stereocenters. The summed E-state index contributed by atoms with van der Waals surface area (Å²) in [4.78, 5) is 15.6. The molecule has 0 radical (unpaired) electrons. The highest BCUT2D eigenvalue weighted by atomic mass is 15.2. The van der Waals surface area contributed by atoms with Crippen molar-refractivity contribution in [2.75, 3.05) is 24.5 Å². The molecule has 3 rings (SSSR count). The summed E-state index contributed by atoms with van der Waals surface area (Å²) in [5, 5.41) is 3.40. The maximum atomic E-state index is 4.51. The fourth-order valence-corrected chi connectivity index (χ4v) is 2.96. The zero-order valence-electron chi connectivity index (χ0n) is 13.4. The summed E-state index contributed by atoms with van der Waals surface area (Å²) in [6.45, 7) is 7.45. The lowest BCUT2D eigenvalue weighted by Crippen LogP contribution is -2.28. The highest BCUT2D eigenvalue weighted by molar-refractivity contribution is 5.41. The molecule has 0 aromatic carbocycles. The molecule has 1 aliphatic heterocycles. The molecule has 0 atom stereocenters. The van der Waals surface area contributed by atoms with Gasteiger partial charge in [-0.2, -0.15) is 0 Å². The molecule has 2 aromatic heterocycles. The molecule has 1 saturated heterocycles. The van der Waals surface area contributed by atoms with Crippen molar-refractivity contribution in [3.63, 3.8) is 0 Å². The van der Waals surface area contributed by atoms with Gasteiger partial charge in [-0.05, 0) is 38.1 Å². The van der Waals surface area contributed by atoms with E-state index in [1.54, 1.807) is 6.33 Å². The molecule has 0 saturated carbocycles. The SMILES string of the molecule is C=CCN(Cc1ccccn1)c1cc(C2CCNCC2)ncn1. The van der Waals surface area contributed by atoms with Crippen LogP contribution < -0.4 is 10.2 Å². The van der Waals surface area contributed by atoms with E-state index < -0.39 is 0 Å². The van der Waals surface area contributed by atoms with E-state index in [1.807, 2.05) is 30.5 Å². The number of anilines is 1. The van der Waals surface area contributed by atoms with Crippen LogP contribution in [-0.2, 0) is 6.54 Å². The van der Waals surface area contributed by atoms with Crippen LogP contribution >= 0.6 is 0 Å². The Morgan fingerprint density at radius 1 is 1.22 bits per heavy atom. The summed E-state index contributed by atoms with van der Waals surface area (Å²) >= 11 is 0. The van der Waals surface area contributed by atoms with E-state index in [0.29, 0.717) is 5.92 Å². The van der Waals surface area contributed by atoms with Crippen LogP contribution in [0.25, 0.3) is 0 Å². The van der Waals surface area contributed by atoms with Crippen LogP contribution in [0.15, 0.2) is 49.4 Å². The summed E-state index contributed by atoms with van der Waals surface area (Å²) < 4.78 is 0. The van der Waals surface area contributed by atoms with Gasteiger partial charge in [0.25, 0.3) is 0 Å². The minimum atomic E-state index is 0.526. The van der Waals surface area contributed by atoms with Gasteiger partial charge < -0.3 is 10.2 Å². The van der Waals surface area contributed by atoms with Gasteiger partial charge in [0.1, 0.15) is 12.1 Å². The molecule has 1 aliphatic rings. The zero-order chi connectivity index (χ0) is 15.9. The molecule has 0 spiro atoms. The number of nitrogens with zero attached hydrogens (tertiary/aromatic N) is 4. The lowest BCUT2D eigenvalue weighted by atomic mass is 9.94. The van der Waals surface area contributed by atoms with Crippen LogP contribution in [0.5, 0.6) is 0 Å². The zero-order valence-corrected chi connectivity index (χ0v) is 13.4. The van der Waals surface area contributed by atoms with Crippen molar-refractivity contribution < 1.29 is 0 Å². The first-order valence-corrected chi connectivity index (χ1v) is 8.15. The predicted molar refractivity (Wildman–Crippen MR) is 92.4 cm³/mol. The fraction of sp³-hybridized carbons (Fsp3) is 0.389. The van der Waals surface area contributed by atoms with Crippen molar-refractivity contribution in [1.82, 2.24) is 20.3 Å². The second kappa shape index (κ2) is 7.83. The lowest BCUT2D eigenvalue weighted by Gasteiger charge is -2.25. The molecular weight excluding hydrogens is 286 g/mol. The van der Waals surface area contributed by atoms with Gasteiger partial charge in [-0.15, -0.1) is 6.58 Å². The largest absolute Gasteiger partial charge is 0.347 e. The molecule has 1 fully saturated rings. The summed E-state index contributed by atoms with van der Waals surface area (Å²) in [5.74, 6) is 1.47. The Kier molecular flexibility index (Phi) is 5.32. The number of pyridine rings is 1. The number of nitrogens with one attached hydrogen (secondary N) is 1. The van der Waals surface area contributed by atoms with E-state index in [9.17, 15) is 0 Å². The Bertz CT molecular complexity index is 622. The van der Waals surface area contributed by atoms with Crippen LogP contribution in [0, 0.1) is 0 Å². The van der Waals surface area contributed by atoms with E-state index in [1.165, 1.54) is 0 Å². The average Bonchev–Trinajstić information content (AvgIpc) is 2.63. The van der Waals surface area contributed by atoms with Gasteiger partial charge in [0.05, 0.1) is 12.2 Å². The maximum Gasteiger partial charge on any atom is 0.132 e. The molecule has 120 valence electrons. The first-order valence-electron chi connectivity index (χ1n) is 8.15. The first-order chi connectivity index (χ1) is 11.4. The summed E-state index contributed by atoms with van der Waals surface area (Å²) in [5.41, 5.74) is 2.17. The van der Waals surface area contributed by atoms with Gasteiger partial charge in [-0.3, -0.25) is 4.98 Å². The molecule has 3 heterocycles. The number of piperidine rings is 1. The minimum Gasteiger partial charge on any atom is -0.347 e. The third kappa shape index (κ3) is 4.13. The van der Waals surface area contributed by atoms with Crippen molar-refractivity contribution in [2.45, 2.75) is 25.3 Å². The Balaban J connectivity index is 1.80. The van der Waals surface area contributed by atoms with Gasteiger partial charge in [-0.25, -0.2) is 9.97 Å². The Morgan fingerprint density at radius 2 is 2.09 bits per heavy atom. The molecule has 5 heteroatoms. The maximum absolute atomic E-state index is 4.51. The fourth-order valence-electron chi connectivity index (χ4n) is 2.96.